The van der Waals surface area contributed by atoms with Crippen LogP contribution in [0.4, 0.5) is 21.6 Å². The van der Waals surface area contributed by atoms with E-state index in [1.165, 1.54) is 30.6 Å². The van der Waals surface area contributed by atoms with Crippen molar-refractivity contribution in [3.63, 3.8) is 0 Å². The smallest absolute Gasteiger partial charge is 0.274 e. The summed E-state index contributed by atoms with van der Waals surface area (Å²) in [4.78, 5) is 20.3. The van der Waals surface area contributed by atoms with E-state index in [2.05, 4.69) is 36.5 Å². The van der Waals surface area contributed by atoms with Crippen molar-refractivity contribution < 1.29 is 9.18 Å². The minimum atomic E-state index is -0.446. The zero-order valence-corrected chi connectivity index (χ0v) is 13.9. The minimum absolute atomic E-state index is 0.170. The van der Waals surface area contributed by atoms with E-state index < -0.39 is 11.7 Å². The molecule has 1 amide bonds. The van der Waals surface area contributed by atoms with Crippen LogP contribution >= 0.6 is 15.9 Å². The molecule has 0 saturated carbocycles. The van der Waals surface area contributed by atoms with Crippen LogP contribution in [0.2, 0.25) is 0 Å². The zero-order chi connectivity index (χ0) is 16.9. The van der Waals surface area contributed by atoms with Crippen LogP contribution in [0.3, 0.4) is 0 Å². The third-order valence-corrected chi connectivity index (χ3v) is 3.81. The lowest BCUT2D eigenvalue weighted by atomic mass is 10.3. The zero-order valence-electron chi connectivity index (χ0n) is 12.3. The lowest BCUT2D eigenvalue weighted by Crippen LogP contribution is -2.14. The Morgan fingerprint density at radius 3 is 2.67 bits per heavy atom. The van der Waals surface area contributed by atoms with Gasteiger partial charge in [0, 0.05) is 16.2 Å². The molecular weight excluding hydrogens is 375 g/mol. The maximum atomic E-state index is 13.2. The third kappa shape index (κ3) is 3.94. The number of carbonyl (C=O) groups is 1. The lowest BCUT2D eigenvalue weighted by Gasteiger charge is -2.09. The molecule has 0 unspecified atom stereocenters. The van der Waals surface area contributed by atoms with Crippen molar-refractivity contribution in [1.82, 2.24) is 9.97 Å². The van der Waals surface area contributed by atoms with Crippen LogP contribution in [-0.2, 0) is 0 Å². The average molecular weight is 387 g/mol. The van der Waals surface area contributed by atoms with E-state index in [9.17, 15) is 9.18 Å². The van der Waals surface area contributed by atoms with Gasteiger partial charge in [-0.15, -0.1) is 0 Å². The van der Waals surface area contributed by atoms with Crippen LogP contribution in [0, 0.1) is 5.82 Å². The van der Waals surface area contributed by atoms with Crippen LogP contribution in [0.5, 0.6) is 0 Å². The fraction of sp³-hybridized carbons (Fsp3) is 0. The first-order valence-corrected chi connectivity index (χ1v) is 7.81. The van der Waals surface area contributed by atoms with E-state index in [-0.39, 0.29) is 5.69 Å². The van der Waals surface area contributed by atoms with Crippen molar-refractivity contribution >= 4 is 39.0 Å². The monoisotopic (exact) mass is 386 g/mol. The first kappa shape index (κ1) is 16.1. The normalized spacial score (nSPS) is 10.2. The number of halogens is 2. The Labute approximate surface area is 146 Å². The molecule has 0 radical (unpaired) electrons. The number of aromatic nitrogens is 2. The third-order valence-electron chi connectivity index (χ3n) is 3.12. The molecule has 3 aromatic rings. The molecule has 0 atom stereocenters. The summed E-state index contributed by atoms with van der Waals surface area (Å²) in [6, 6.07) is 14.7. The Bertz CT molecular complexity index is 888. The van der Waals surface area contributed by atoms with Gasteiger partial charge in [0.05, 0.1) is 5.69 Å². The van der Waals surface area contributed by atoms with E-state index >= 15 is 0 Å². The maximum absolute atomic E-state index is 13.2. The summed E-state index contributed by atoms with van der Waals surface area (Å²) < 4.78 is 14.0. The van der Waals surface area contributed by atoms with E-state index in [1.807, 2.05) is 24.3 Å². The highest BCUT2D eigenvalue weighted by Gasteiger charge is 2.10. The summed E-state index contributed by atoms with van der Waals surface area (Å²) in [6.45, 7) is 0. The van der Waals surface area contributed by atoms with Gasteiger partial charge in [0.1, 0.15) is 23.7 Å². The summed E-state index contributed by atoms with van der Waals surface area (Å²) >= 11 is 3.43. The van der Waals surface area contributed by atoms with Gasteiger partial charge in [0.2, 0.25) is 0 Å². The quantitative estimate of drug-likeness (QED) is 0.698. The molecule has 5 nitrogen and oxygen atoms in total. The lowest BCUT2D eigenvalue weighted by molar-refractivity contribution is 0.102. The molecule has 1 heterocycles. The van der Waals surface area contributed by atoms with Crippen molar-refractivity contribution in [2.24, 2.45) is 0 Å². The Hall–Kier alpha value is -2.80. The standard InChI is InChI=1S/C17H12BrFN4O/c18-13-6-1-2-7-14(13)23-16-9-15(20-10-21-16)17(24)22-12-5-3-4-11(19)8-12/h1-10H,(H,22,24)(H,20,21,23). The van der Waals surface area contributed by atoms with Gasteiger partial charge in [-0.1, -0.05) is 18.2 Å². The molecule has 0 bridgehead atoms. The van der Waals surface area contributed by atoms with Crippen molar-refractivity contribution in [3.8, 4) is 0 Å². The van der Waals surface area contributed by atoms with E-state index in [0.717, 1.165) is 10.2 Å². The first-order chi connectivity index (χ1) is 11.6. The number of benzene rings is 2. The summed E-state index contributed by atoms with van der Waals surface area (Å²) in [6.07, 6.45) is 1.29. The molecule has 2 N–H and O–H groups in total. The van der Waals surface area contributed by atoms with E-state index in [4.69, 9.17) is 0 Å². The number of para-hydroxylation sites is 1. The van der Waals surface area contributed by atoms with Gasteiger partial charge in [0.25, 0.3) is 5.91 Å². The average Bonchev–Trinajstić information content (AvgIpc) is 2.57. The van der Waals surface area contributed by atoms with Gasteiger partial charge in [-0.25, -0.2) is 14.4 Å². The second-order valence-electron chi connectivity index (χ2n) is 4.86. The predicted octanol–water partition coefficient (Wildman–Crippen LogP) is 4.37. The number of hydrogen-bond donors (Lipinski definition) is 2. The number of anilines is 3. The van der Waals surface area contributed by atoms with Crippen LogP contribution in [0.15, 0.2) is 65.4 Å². The van der Waals surface area contributed by atoms with Crippen LogP contribution in [0.1, 0.15) is 10.5 Å². The molecule has 0 fully saturated rings. The molecule has 0 aliphatic rings. The number of carbonyl (C=O) groups excluding carboxylic acids is 1. The molecule has 2 aromatic carbocycles. The Morgan fingerprint density at radius 1 is 1.04 bits per heavy atom. The number of rotatable bonds is 4. The van der Waals surface area contributed by atoms with E-state index in [1.54, 1.807) is 6.07 Å². The maximum Gasteiger partial charge on any atom is 0.274 e. The summed E-state index contributed by atoms with van der Waals surface area (Å²) in [5.41, 5.74) is 1.34. The molecule has 7 heteroatoms. The molecule has 0 spiro atoms. The SMILES string of the molecule is O=C(Nc1cccc(F)c1)c1cc(Nc2ccccc2Br)ncn1. The molecule has 0 aliphatic carbocycles. The van der Waals surface area contributed by atoms with Crippen molar-refractivity contribution in [3.05, 3.63) is 76.9 Å². The van der Waals surface area contributed by atoms with Gasteiger partial charge in [-0.3, -0.25) is 4.79 Å². The molecule has 0 aliphatic heterocycles. The predicted molar refractivity (Wildman–Crippen MR) is 93.8 cm³/mol. The Morgan fingerprint density at radius 2 is 1.88 bits per heavy atom. The molecule has 120 valence electrons. The van der Waals surface area contributed by atoms with Gasteiger partial charge in [0.15, 0.2) is 0 Å². The fourth-order valence-electron chi connectivity index (χ4n) is 2.01. The highest BCUT2D eigenvalue weighted by molar-refractivity contribution is 9.10. The molecule has 24 heavy (non-hydrogen) atoms. The van der Waals surface area contributed by atoms with Gasteiger partial charge >= 0.3 is 0 Å². The fourth-order valence-corrected chi connectivity index (χ4v) is 2.40. The second-order valence-corrected chi connectivity index (χ2v) is 5.71. The highest BCUT2D eigenvalue weighted by atomic mass is 79.9. The first-order valence-electron chi connectivity index (χ1n) is 7.02. The van der Waals surface area contributed by atoms with Crippen molar-refractivity contribution in [2.45, 2.75) is 0 Å². The van der Waals surface area contributed by atoms with Crippen molar-refractivity contribution in [2.75, 3.05) is 10.6 Å². The van der Waals surface area contributed by atoms with Gasteiger partial charge < -0.3 is 10.6 Å². The molecule has 3 rings (SSSR count). The van der Waals surface area contributed by atoms with Crippen LogP contribution in [0.25, 0.3) is 0 Å². The van der Waals surface area contributed by atoms with E-state index in [0.29, 0.717) is 11.5 Å². The van der Waals surface area contributed by atoms with Gasteiger partial charge in [-0.05, 0) is 46.3 Å². The number of hydrogen-bond acceptors (Lipinski definition) is 4. The number of nitrogens with zero attached hydrogens (tertiary/aromatic N) is 2. The molecule has 0 saturated heterocycles. The van der Waals surface area contributed by atoms with Crippen molar-refractivity contribution in [1.29, 1.82) is 0 Å². The van der Waals surface area contributed by atoms with Gasteiger partial charge in [-0.2, -0.15) is 0 Å². The summed E-state index contributed by atoms with van der Waals surface area (Å²) in [5.74, 6) is -0.397. The topological polar surface area (TPSA) is 66.9 Å². The largest absolute Gasteiger partial charge is 0.339 e. The van der Waals surface area contributed by atoms with Crippen LogP contribution < -0.4 is 10.6 Å². The Kier molecular flexibility index (Phi) is 4.81. The summed E-state index contributed by atoms with van der Waals surface area (Å²) in [7, 11) is 0. The second kappa shape index (κ2) is 7.18. The molecule has 1 aromatic heterocycles. The highest BCUT2D eigenvalue weighted by Crippen LogP contribution is 2.24. The van der Waals surface area contributed by atoms with Crippen LogP contribution in [-0.4, -0.2) is 15.9 Å². The minimum Gasteiger partial charge on any atom is -0.339 e. The number of nitrogens with one attached hydrogen (secondary N) is 2. The Balaban J connectivity index is 1.77. The molecular formula is C17H12BrFN4O. The summed E-state index contributed by atoms with van der Waals surface area (Å²) in [5, 5.41) is 5.70. The number of amides is 1.